The summed E-state index contributed by atoms with van der Waals surface area (Å²) in [5.74, 6) is -0.275. The monoisotopic (exact) mass is 269 g/mol. The standard InChI is InChI=1S/C15H21ClFN/c1-15(2)7-5-13(6-8-15)18-10-11-3-4-12(17)9-14(11)16/h3-4,9,13,18H,5-8,10H2,1-2H3. The van der Waals surface area contributed by atoms with Crippen molar-refractivity contribution in [1.29, 1.82) is 0 Å². The van der Waals surface area contributed by atoms with Gasteiger partial charge in [-0.3, -0.25) is 0 Å². The van der Waals surface area contributed by atoms with E-state index < -0.39 is 0 Å². The smallest absolute Gasteiger partial charge is 0.124 e. The zero-order chi connectivity index (χ0) is 13.2. The molecule has 1 aromatic carbocycles. The first kappa shape index (κ1) is 13.8. The lowest BCUT2D eigenvalue weighted by molar-refractivity contribution is 0.206. The molecular weight excluding hydrogens is 249 g/mol. The van der Waals surface area contributed by atoms with Gasteiger partial charge in [-0.25, -0.2) is 4.39 Å². The summed E-state index contributed by atoms with van der Waals surface area (Å²) in [4.78, 5) is 0. The van der Waals surface area contributed by atoms with Gasteiger partial charge in [0.25, 0.3) is 0 Å². The molecule has 0 bridgehead atoms. The molecule has 0 aliphatic heterocycles. The van der Waals surface area contributed by atoms with Crippen LogP contribution in [0.4, 0.5) is 4.39 Å². The minimum absolute atomic E-state index is 0.275. The van der Waals surface area contributed by atoms with Gasteiger partial charge in [-0.15, -0.1) is 0 Å². The molecule has 1 saturated carbocycles. The molecule has 1 nitrogen and oxygen atoms in total. The van der Waals surface area contributed by atoms with Crippen molar-refractivity contribution >= 4 is 11.6 Å². The summed E-state index contributed by atoms with van der Waals surface area (Å²) in [6.45, 7) is 5.39. The Kier molecular flexibility index (Phi) is 4.29. The summed E-state index contributed by atoms with van der Waals surface area (Å²) in [6.07, 6.45) is 4.96. The Balaban J connectivity index is 1.85. The second-order valence-corrected chi connectivity index (χ2v) is 6.46. The molecule has 1 N–H and O–H groups in total. The van der Waals surface area contributed by atoms with E-state index in [4.69, 9.17) is 11.6 Å². The average Bonchev–Trinajstić information content (AvgIpc) is 2.29. The first-order valence-electron chi connectivity index (χ1n) is 6.64. The van der Waals surface area contributed by atoms with Crippen molar-refractivity contribution in [3.63, 3.8) is 0 Å². The quantitative estimate of drug-likeness (QED) is 0.850. The van der Waals surface area contributed by atoms with Crippen LogP contribution in [0.25, 0.3) is 0 Å². The van der Waals surface area contributed by atoms with Crippen molar-refractivity contribution < 1.29 is 4.39 Å². The van der Waals surface area contributed by atoms with E-state index >= 15 is 0 Å². The lowest BCUT2D eigenvalue weighted by Gasteiger charge is -2.34. The number of hydrogen-bond acceptors (Lipinski definition) is 1. The van der Waals surface area contributed by atoms with Crippen LogP contribution in [-0.2, 0) is 6.54 Å². The summed E-state index contributed by atoms with van der Waals surface area (Å²) in [5.41, 5.74) is 1.47. The van der Waals surface area contributed by atoms with Crippen molar-refractivity contribution in [2.75, 3.05) is 0 Å². The summed E-state index contributed by atoms with van der Waals surface area (Å²) >= 11 is 6.01. The molecule has 1 aliphatic carbocycles. The second kappa shape index (κ2) is 5.58. The number of halogens is 2. The second-order valence-electron chi connectivity index (χ2n) is 6.06. The molecule has 0 spiro atoms. The predicted molar refractivity (Wildman–Crippen MR) is 74.3 cm³/mol. The maximum Gasteiger partial charge on any atom is 0.124 e. The molecule has 0 amide bonds. The highest BCUT2D eigenvalue weighted by Gasteiger charge is 2.26. The van der Waals surface area contributed by atoms with Gasteiger partial charge in [0.05, 0.1) is 0 Å². The van der Waals surface area contributed by atoms with Gasteiger partial charge in [0.15, 0.2) is 0 Å². The number of benzene rings is 1. The molecule has 1 aliphatic rings. The molecule has 1 aromatic rings. The van der Waals surface area contributed by atoms with Crippen molar-refractivity contribution in [3.05, 3.63) is 34.6 Å². The fourth-order valence-electron chi connectivity index (χ4n) is 2.52. The zero-order valence-electron chi connectivity index (χ0n) is 11.1. The molecule has 0 radical (unpaired) electrons. The van der Waals surface area contributed by atoms with Crippen LogP contribution in [0.15, 0.2) is 18.2 Å². The fraction of sp³-hybridized carbons (Fsp3) is 0.600. The number of hydrogen-bond donors (Lipinski definition) is 1. The Morgan fingerprint density at radius 1 is 1.33 bits per heavy atom. The van der Waals surface area contributed by atoms with E-state index in [0.29, 0.717) is 16.5 Å². The highest BCUT2D eigenvalue weighted by atomic mass is 35.5. The molecule has 0 heterocycles. The summed E-state index contributed by atoms with van der Waals surface area (Å²) in [6, 6.07) is 5.17. The Morgan fingerprint density at radius 2 is 2.00 bits per heavy atom. The van der Waals surface area contributed by atoms with Crippen LogP contribution in [0, 0.1) is 11.2 Å². The Morgan fingerprint density at radius 3 is 2.61 bits per heavy atom. The molecule has 3 heteroatoms. The molecule has 0 atom stereocenters. The summed E-state index contributed by atoms with van der Waals surface area (Å²) in [7, 11) is 0. The van der Waals surface area contributed by atoms with Gasteiger partial charge in [-0.2, -0.15) is 0 Å². The third-order valence-electron chi connectivity index (χ3n) is 3.94. The zero-order valence-corrected chi connectivity index (χ0v) is 11.9. The van der Waals surface area contributed by atoms with Crippen LogP contribution in [0.2, 0.25) is 5.02 Å². The third kappa shape index (κ3) is 3.69. The summed E-state index contributed by atoms with van der Waals surface area (Å²) in [5, 5.41) is 4.04. The van der Waals surface area contributed by atoms with Crippen LogP contribution >= 0.6 is 11.6 Å². The van der Waals surface area contributed by atoms with Crippen LogP contribution < -0.4 is 5.32 Å². The summed E-state index contributed by atoms with van der Waals surface area (Å²) < 4.78 is 12.9. The molecule has 0 saturated heterocycles. The molecule has 100 valence electrons. The molecule has 1 fully saturated rings. The fourth-order valence-corrected chi connectivity index (χ4v) is 2.76. The molecule has 2 rings (SSSR count). The van der Waals surface area contributed by atoms with Crippen molar-refractivity contribution in [1.82, 2.24) is 5.32 Å². The van der Waals surface area contributed by atoms with E-state index in [1.165, 1.54) is 37.8 Å². The SMILES string of the molecule is CC1(C)CCC(NCc2ccc(F)cc2Cl)CC1. The lowest BCUT2D eigenvalue weighted by Crippen LogP contribution is -2.35. The third-order valence-corrected chi connectivity index (χ3v) is 4.29. The predicted octanol–water partition coefficient (Wildman–Crippen LogP) is 4.54. The van der Waals surface area contributed by atoms with Gasteiger partial charge in [-0.1, -0.05) is 31.5 Å². The van der Waals surface area contributed by atoms with E-state index in [1.807, 2.05) is 0 Å². The highest BCUT2D eigenvalue weighted by molar-refractivity contribution is 6.31. The van der Waals surface area contributed by atoms with E-state index in [1.54, 1.807) is 6.07 Å². The lowest BCUT2D eigenvalue weighted by atomic mass is 9.75. The van der Waals surface area contributed by atoms with Crippen molar-refractivity contribution in [2.45, 2.75) is 52.1 Å². The molecule has 18 heavy (non-hydrogen) atoms. The van der Waals surface area contributed by atoms with Crippen LogP contribution in [0.5, 0.6) is 0 Å². The maximum absolute atomic E-state index is 12.9. The number of rotatable bonds is 3. The minimum Gasteiger partial charge on any atom is -0.310 e. The first-order valence-corrected chi connectivity index (χ1v) is 7.01. The van der Waals surface area contributed by atoms with Gasteiger partial charge < -0.3 is 5.32 Å². The van der Waals surface area contributed by atoms with Crippen LogP contribution in [-0.4, -0.2) is 6.04 Å². The topological polar surface area (TPSA) is 12.0 Å². The molecule has 0 aromatic heterocycles. The van der Waals surface area contributed by atoms with E-state index in [0.717, 1.165) is 12.1 Å². The Labute approximate surface area is 114 Å². The minimum atomic E-state index is -0.275. The van der Waals surface area contributed by atoms with Gasteiger partial charge in [0, 0.05) is 17.6 Å². The normalized spacial score (nSPS) is 20.0. The van der Waals surface area contributed by atoms with Gasteiger partial charge >= 0.3 is 0 Å². The van der Waals surface area contributed by atoms with E-state index in [2.05, 4.69) is 19.2 Å². The maximum atomic E-state index is 12.9. The first-order chi connectivity index (χ1) is 8.46. The van der Waals surface area contributed by atoms with Gasteiger partial charge in [0.1, 0.15) is 5.82 Å². The average molecular weight is 270 g/mol. The molecule has 0 unspecified atom stereocenters. The van der Waals surface area contributed by atoms with Gasteiger partial charge in [-0.05, 0) is 48.8 Å². The highest BCUT2D eigenvalue weighted by Crippen LogP contribution is 2.35. The van der Waals surface area contributed by atoms with Crippen molar-refractivity contribution in [2.24, 2.45) is 5.41 Å². The van der Waals surface area contributed by atoms with E-state index in [-0.39, 0.29) is 5.82 Å². The van der Waals surface area contributed by atoms with E-state index in [9.17, 15) is 4.39 Å². The van der Waals surface area contributed by atoms with Crippen LogP contribution in [0.3, 0.4) is 0 Å². The van der Waals surface area contributed by atoms with Crippen LogP contribution in [0.1, 0.15) is 45.1 Å². The largest absolute Gasteiger partial charge is 0.310 e. The van der Waals surface area contributed by atoms with Gasteiger partial charge in [0.2, 0.25) is 0 Å². The number of nitrogens with one attached hydrogen (secondary N) is 1. The van der Waals surface area contributed by atoms with Crippen molar-refractivity contribution in [3.8, 4) is 0 Å². The Bertz CT molecular complexity index is 407. The molecular formula is C15H21ClFN. The Hall–Kier alpha value is -0.600.